The van der Waals surface area contributed by atoms with E-state index in [9.17, 15) is 9.59 Å². The van der Waals surface area contributed by atoms with Crippen LogP contribution in [0.25, 0.3) is 0 Å². The summed E-state index contributed by atoms with van der Waals surface area (Å²) in [6, 6.07) is 23.4. The molecule has 0 bridgehead atoms. The predicted molar refractivity (Wildman–Crippen MR) is 119 cm³/mol. The number of para-hydroxylation sites is 1. The van der Waals surface area contributed by atoms with E-state index < -0.39 is 0 Å². The molecule has 6 nitrogen and oxygen atoms in total. The Morgan fingerprint density at radius 2 is 1.55 bits per heavy atom. The van der Waals surface area contributed by atoms with E-state index in [0.29, 0.717) is 22.7 Å². The van der Waals surface area contributed by atoms with Crippen molar-refractivity contribution in [2.45, 2.75) is 6.92 Å². The lowest BCUT2D eigenvalue weighted by molar-refractivity contribution is -0.114. The molecule has 0 fully saturated rings. The van der Waals surface area contributed by atoms with E-state index >= 15 is 0 Å². The first kappa shape index (κ1) is 21.5. The Bertz CT molecular complexity index is 1080. The lowest BCUT2D eigenvalue weighted by Crippen LogP contribution is -2.23. The number of benzene rings is 3. The minimum absolute atomic E-state index is 0.147. The third-order valence-corrected chi connectivity index (χ3v) is 4.02. The monoisotopic (exact) mass is 414 g/mol. The van der Waals surface area contributed by atoms with Crippen molar-refractivity contribution >= 4 is 17.5 Å². The molecule has 0 radical (unpaired) electrons. The number of carbonyl (C=O) groups is 2. The van der Waals surface area contributed by atoms with E-state index in [4.69, 9.17) is 9.47 Å². The zero-order valence-electron chi connectivity index (χ0n) is 17.1. The summed E-state index contributed by atoms with van der Waals surface area (Å²) in [7, 11) is 0. The third kappa shape index (κ3) is 7.26. The van der Waals surface area contributed by atoms with Crippen LogP contribution in [0.2, 0.25) is 0 Å². The maximum absolute atomic E-state index is 12.2. The van der Waals surface area contributed by atoms with Gasteiger partial charge in [0.05, 0.1) is 6.54 Å². The zero-order valence-corrected chi connectivity index (χ0v) is 17.1. The van der Waals surface area contributed by atoms with Crippen molar-refractivity contribution in [1.29, 1.82) is 0 Å². The van der Waals surface area contributed by atoms with Crippen LogP contribution < -0.4 is 20.1 Å². The Morgan fingerprint density at radius 3 is 2.29 bits per heavy atom. The molecule has 0 aliphatic rings. The van der Waals surface area contributed by atoms with Crippen LogP contribution in [0.3, 0.4) is 0 Å². The smallest absolute Gasteiger partial charge is 0.252 e. The number of rotatable bonds is 7. The number of ether oxygens (including phenoxy) is 2. The van der Waals surface area contributed by atoms with Crippen LogP contribution >= 0.6 is 0 Å². The summed E-state index contributed by atoms with van der Waals surface area (Å²) in [6.45, 7) is 1.82. The minimum atomic E-state index is -0.218. The average Bonchev–Trinajstić information content (AvgIpc) is 2.77. The molecule has 0 saturated heterocycles. The summed E-state index contributed by atoms with van der Waals surface area (Å²) < 4.78 is 11.2. The number of hydrogen-bond acceptors (Lipinski definition) is 4. The van der Waals surface area contributed by atoms with Gasteiger partial charge in [-0.05, 0) is 48.5 Å². The Hall–Kier alpha value is -4.24. The lowest BCUT2D eigenvalue weighted by Gasteiger charge is -2.06. The Balaban J connectivity index is 1.41. The molecule has 31 heavy (non-hydrogen) atoms. The molecule has 3 rings (SSSR count). The highest BCUT2D eigenvalue weighted by Gasteiger charge is 2.05. The van der Waals surface area contributed by atoms with Crippen molar-refractivity contribution in [3.8, 4) is 29.1 Å². The van der Waals surface area contributed by atoms with Gasteiger partial charge >= 0.3 is 0 Å². The normalized spacial score (nSPS) is 9.71. The van der Waals surface area contributed by atoms with Gasteiger partial charge in [0.2, 0.25) is 5.91 Å². The van der Waals surface area contributed by atoms with Gasteiger partial charge in [-0.1, -0.05) is 36.1 Å². The quantitative estimate of drug-likeness (QED) is 0.567. The minimum Gasteiger partial charge on any atom is -0.481 e. The summed E-state index contributed by atoms with van der Waals surface area (Å²) in [6.07, 6.45) is 0. The van der Waals surface area contributed by atoms with Gasteiger partial charge in [0.1, 0.15) is 23.9 Å². The standard InChI is InChI=1S/C25H22N2O4/c1-19(28)27-21-8-7-11-24(18-21)30-17-6-5-16-26-25(29)20-12-14-23(15-13-20)31-22-9-3-2-4-10-22/h2-4,7-15,18H,16-17H2,1H3,(H,26,29)(H,27,28). The fourth-order valence-corrected chi connectivity index (χ4v) is 2.63. The van der Waals surface area contributed by atoms with Gasteiger partial charge in [-0.3, -0.25) is 9.59 Å². The summed E-state index contributed by atoms with van der Waals surface area (Å²) in [4.78, 5) is 23.3. The molecule has 0 atom stereocenters. The second kappa shape index (κ2) is 11.1. The van der Waals surface area contributed by atoms with Crippen molar-refractivity contribution in [2.24, 2.45) is 0 Å². The largest absolute Gasteiger partial charge is 0.481 e. The first-order chi connectivity index (χ1) is 15.1. The summed E-state index contributed by atoms with van der Waals surface area (Å²) in [5, 5.41) is 5.43. The van der Waals surface area contributed by atoms with Crippen molar-refractivity contribution in [3.05, 3.63) is 84.4 Å². The van der Waals surface area contributed by atoms with Crippen LogP contribution in [-0.4, -0.2) is 25.0 Å². The van der Waals surface area contributed by atoms with Gasteiger partial charge in [-0.15, -0.1) is 0 Å². The molecule has 0 aliphatic heterocycles. The van der Waals surface area contributed by atoms with Crippen molar-refractivity contribution in [1.82, 2.24) is 5.32 Å². The summed E-state index contributed by atoms with van der Waals surface area (Å²) in [5.41, 5.74) is 1.18. The van der Waals surface area contributed by atoms with E-state index in [2.05, 4.69) is 22.5 Å². The molecule has 0 aromatic heterocycles. The van der Waals surface area contributed by atoms with Gasteiger partial charge in [-0.2, -0.15) is 0 Å². The van der Waals surface area contributed by atoms with Gasteiger partial charge < -0.3 is 20.1 Å². The van der Waals surface area contributed by atoms with E-state index in [1.54, 1.807) is 48.5 Å². The molecule has 6 heteroatoms. The molecule has 3 aromatic carbocycles. The van der Waals surface area contributed by atoms with Gasteiger partial charge in [0.25, 0.3) is 5.91 Å². The Kier molecular flexibility index (Phi) is 7.67. The van der Waals surface area contributed by atoms with E-state index in [-0.39, 0.29) is 25.0 Å². The van der Waals surface area contributed by atoms with Crippen LogP contribution in [-0.2, 0) is 4.79 Å². The highest BCUT2D eigenvalue weighted by Crippen LogP contribution is 2.21. The van der Waals surface area contributed by atoms with Crippen LogP contribution in [0.1, 0.15) is 17.3 Å². The van der Waals surface area contributed by atoms with Gasteiger partial charge in [-0.25, -0.2) is 0 Å². The second-order valence-corrected chi connectivity index (χ2v) is 6.47. The molecular weight excluding hydrogens is 392 g/mol. The lowest BCUT2D eigenvalue weighted by atomic mass is 10.2. The first-order valence-corrected chi connectivity index (χ1v) is 9.67. The third-order valence-electron chi connectivity index (χ3n) is 4.02. The summed E-state index contributed by atoms with van der Waals surface area (Å²) >= 11 is 0. The van der Waals surface area contributed by atoms with E-state index in [0.717, 1.165) is 5.75 Å². The molecule has 2 amide bonds. The number of amides is 2. The van der Waals surface area contributed by atoms with Crippen molar-refractivity contribution in [3.63, 3.8) is 0 Å². The van der Waals surface area contributed by atoms with E-state index in [1.807, 2.05) is 30.3 Å². The predicted octanol–water partition coefficient (Wildman–Crippen LogP) is 4.25. The Labute approximate surface area is 181 Å². The number of hydrogen-bond donors (Lipinski definition) is 2. The Morgan fingerprint density at radius 1 is 0.839 bits per heavy atom. The number of carbonyl (C=O) groups excluding carboxylic acids is 2. The maximum atomic E-state index is 12.2. The first-order valence-electron chi connectivity index (χ1n) is 9.67. The molecule has 156 valence electrons. The number of nitrogens with one attached hydrogen (secondary N) is 2. The molecule has 0 unspecified atom stereocenters. The molecule has 2 N–H and O–H groups in total. The number of anilines is 1. The van der Waals surface area contributed by atoms with Crippen molar-refractivity contribution < 1.29 is 19.1 Å². The molecule has 0 spiro atoms. The van der Waals surface area contributed by atoms with Gasteiger partial charge in [0.15, 0.2) is 0 Å². The highest BCUT2D eigenvalue weighted by molar-refractivity contribution is 5.94. The molecule has 0 aliphatic carbocycles. The van der Waals surface area contributed by atoms with Crippen LogP contribution in [0.4, 0.5) is 5.69 Å². The van der Waals surface area contributed by atoms with Gasteiger partial charge in [0, 0.05) is 24.2 Å². The average molecular weight is 414 g/mol. The SMILES string of the molecule is CC(=O)Nc1cccc(OCC#CCNC(=O)c2ccc(Oc3ccccc3)cc2)c1. The molecular formula is C25H22N2O4. The topological polar surface area (TPSA) is 76.7 Å². The fraction of sp³-hybridized carbons (Fsp3) is 0.120. The zero-order chi connectivity index (χ0) is 21.9. The highest BCUT2D eigenvalue weighted by atomic mass is 16.5. The van der Waals surface area contributed by atoms with Crippen molar-refractivity contribution in [2.75, 3.05) is 18.5 Å². The van der Waals surface area contributed by atoms with E-state index in [1.165, 1.54) is 6.92 Å². The fourth-order valence-electron chi connectivity index (χ4n) is 2.63. The maximum Gasteiger partial charge on any atom is 0.252 e. The van der Waals surface area contributed by atoms with Crippen LogP contribution in [0, 0.1) is 11.8 Å². The molecule has 0 saturated carbocycles. The molecule has 0 heterocycles. The summed E-state index contributed by atoms with van der Waals surface area (Å²) in [5.74, 6) is 7.31. The van der Waals surface area contributed by atoms with Crippen LogP contribution in [0.15, 0.2) is 78.9 Å². The molecule has 3 aromatic rings. The second-order valence-electron chi connectivity index (χ2n) is 6.47. The van der Waals surface area contributed by atoms with Crippen LogP contribution in [0.5, 0.6) is 17.2 Å².